The van der Waals surface area contributed by atoms with E-state index in [1.807, 2.05) is 27.0 Å². The lowest BCUT2D eigenvalue weighted by Crippen LogP contribution is -2.42. The van der Waals surface area contributed by atoms with Crippen LogP contribution in [0.1, 0.15) is 34.1 Å². The number of likely N-dealkylation sites (N-methyl/N-ethyl adjacent to an activating group) is 1. The summed E-state index contributed by atoms with van der Waals surface area (Å²) < 4.78 is 13.8. The SMILES string of the molecule is C=C/C=C(\C)CN(C)CCC(C)(N)C(=C/C)/C(F)=C\C. The van der Waals surface area contributed by atoms with Gasteiger partial charge in [-0.3, -0.25) is 0 Å². The summed E-state index contributed by atoms with van der Waals surface area (Å²) in [6.07, 6.45) is 7.70. The summed E-state index contributed by atoms with van der Waals surface area (Å²) in [6, 6.07) is 0. The average molecular weight is 280 g/mol. The summed E-state index contributed by atoms with van der Waals surface area (Å²) in [5.41, 5.74) is 7.44. The van der Waals surface area contributed by atoms with Crippen LogP contribution in [0.15, 0.2) is 47.9 Å². The predicted octanol–water partition coefficient (Wildman–Crippen LogP) is 3.98. The first-order valence-corrected chi connectivity index (χ1v) is 7.03. The van der Waals surface area contributed by atoms with Gasteiger partial charge in [0.1, 0.15) is 5.83 Å². The highest BCUT2D eigenvalue weighted by Crippen LogP contribution is 2.26. The van der Waals surface area contributed by atoms with Crippen LogP contribution in [0.2, 0.25) is 0 Å². The van der Waals surface area contributed by atoms with Crippen molar-refractivity contribution in [1.82, 2.24) is 4.90 Å². The van der Waals surface area contributed by atoms with Crippen molar-refractivity contribution in [2.45, 2.75) is 39.7 Å². The van der Waals surface area contributed by atoms with Gasteiger partial charge < -0.3 is 10.6 Å². The summed E-state index contributed by atoms with van der Waals surface area (Å²) in [7, 11) is 2.04. The smallest absolute Gasteiger partial charge is 0.123 e. The third kappa shape index (κ3) is 6.31. The van der Waals surface area contributed by atoms with Gasteiger partial charge in [0.15, 0.2) is 0 Å². The Morgan fingerprint density at radius 1 is 1.35 bits per heavy atom. The molecule has 0 aromatic rings. The van der Waals surface area contributed by atoms with E-state index in [1.165, 1.54) is 11.6 Å². The second-order valence-electron chi connectivity index (χ2n) is 5.49. The van der Waals surface area contributed by atoms with Gasteiger partial charge in [-0.1, -0.05) is 36.5 Å². The number of halogens is 1. The van der Waals surface area contributed by atoms with E-state index in [-0.39, 0.29) is 5.83 Å². The van der Waals surface area contributed by atoms with Crippen LogP contribution in [0.5, 0.6) is 0 Å². The van der Waals surface area contributed by atoms with E-state index in [9.17, 15) is 4.39 Å². The zero-order chi connectivity index (χ0) is 15.8. The highest BCUT2D eigenvalue weighted by atomic mass is 19.1. The van der Waals surface area contributed by atoms with Crippen molar-refractivity contribution in [3.05, 3.63) is 47.9 Å². The lowest BCUT2D eigenvalue weighted by Gasteiger charge is -2.29. The first-order chi connectivity index (χ1) is 9.28. The van der Waals surface area contributed by atoms with Gasteiger partial charge in [-0.05, 0) is 41.2 Å². The summed E-state index contributed by atoms with van der Waals surface area (Å²) in [6.45, 7) is 12.8. The molecule has 0 aromatic heterocycles. The highest BCUT2D eigenvalue weighted by Gasteiger charge is 2.26. The lowest BCUT2D eigenvalue weighted by molar-refractivity contribution is 0.319. The van der Waals surface area contributed by atoms with E-state index in [0.717, 1.165) is 13.1 Å². The normalized spacial score (nSPS) is 17.3. The van der Waals surface area contributed by atoms with Crippen LogP contribution in [0.3, 0.4) is 0 Å². The van der Waals surface area contributed by atoms with Crippen molar-refractivity contribution in [3.8, 4) is 0 Å². The molecule has 1 atom stereocenters. The second-order valence-corrected chi connectivity index (χ2v) is 5.49. The molecule has 20 heavy (non-hydrogen) atoms. The van der Waals surface area contributed by atoms with Crippen molar-refractivity contribution in [1.29, 1.82) is 0 Å². The van der Waals surface area contributed by atoms with Gasteiger partial charge in [-0.15, -0.1) is 0 Å². The molecular weight excluding hydrogens is 251 g/mol. The first-order valence-electron chi connectivity index (χ1n) is 7.03. The molecule has 3 heteroatoms. The van der Waals surface area contributed by atoms with E-state index in [2.05, 4.69) is 18.4 Å². The molecule has 0 radical (unpaired) electrons. The summed E-state index contributed by atoms with van der Waals surface area (Å²) in [5, 5.41) is 0. The second kappa shape index (κ2) is 8.88. The largest absolute Gasteiger partial charge is 0.322 e. The number of nitrogens with zero attached hydrogens (tertiary/aromatic N) is 1. The van der Waals surface area contributed by atoms with Crippen LogP contribution in [0, 0.1) is 0 Å². The third-order valence-electron chi connectivity index (χ3n) is 3.35. The van der Waals surface area contributed by atoms with E-state index in [0.29, 0.717) is 12.0 Å². The topological polar surface area (TPSA) is 29.3 Å². The van der Waals surface area contributed by atoms with Crippen LogP contribution >= 0.6 is 0 Å². The average Bonchev–Trinajstić information content (AvgIpc) is 2.37. The Morgan fingerprint density at radius 2 is 1.95 bits per heavy atom. The van der Waals surface area contributed by atoms with E-state index >= 15 is 0 Å². The van der Waals surface area contributed by atoms with Gasteiger partial charge in [0.2, 0.25) is 0 Å². The van der Waals surface area contributed by atoms with Gasteiger partial charge in [-0.25, -0.2) is 4.39 Å². The Hall–Kier alpha value is -1.19. The maximum absolute atomic E-state index is 13.8. The van der Waals surface area contributed by atoms with Crippen molar-refractivity contribution < 1.29 is 4.39 Å². The van der Waals surface area contributed by atoms with E-state index in [1.54, 1.807) is 19.1 Å². The van der Waals surface area contributed by atoms with Crippen LogP contribution in [-0.2, 0) is 0 Å². The molecule has 0 rings (SSSR count). The number of allylic oxidation sites excluding steroid dienone is 4. The molecule has 0 fully saturated rings. The van der Waals surface area contributed by atoms with Crippen LogP contribution in [-0.4, -0.2) is 30.6 Å². The Balaban J connectivity index is 4.63. The van der Waals surface area contributed by atoms with Crippen molar-refractivity contribution in [2.75, 3.05) is 20.1 Å². The van der Waals surface area contributed by atoms with E-state index in [4.69, 9.17) is 5.73 Å². The fourth-order valence-corrected chi connectivity index (χ4v) is 2.21. The standard InChI is InChI=1S/C17H29FN2/c1-7-10-14(4)13-20(6)12-11-17(5,19)15(8-2)16(18)9-3/h7-10H,1,11-13,19H2,2-6H3/b14-10+,15-8+,16-9+. The fraction of sp³-hybridized carbons (Fsp3) is 0.529. The quantitative estimate of drug-likeness (QED) is 0.681. The summed E-state index contributed by atoms with van der Waals surface area (Å²) in [4.78, 5) is 2.18. The molecule has 0 heterocycles. The van der Waals surface area contributed by atoms with Gasteiger partial charge >= 0.3 is 0 Å². The maximum Gasteiger partial charge on any atom is 0.123 e. The molecule has 0 aliphatic carbocycles. The number of hydrogen-bond acceptors (Lipinski definition) is 2. The minimum absolute atomic E-state index is 0.233. The van der Waals surface area contributed by atoms with Gasteiger partial charge in [-0.2, -0.15) is 0 Å². The van der Waals surface area contributed by atoms with Gasteiger partial charge in [0, 0.05) is 24.2 Å². The number of nitrogens with two attached hydrogens (primary N) is 1. The molecule has 2 N–H and O–H groups in total. The van der Waals surface area contributed by atoms with E-state index < -0.39 is 5.54 Å². The molecule has 0 aromatic carbocycles. The van der Waals surface area contributed by atoms with Crippen molar-refractivity contribution in [3.63, 3.8) is 0 Å². The van der Waals surface area contributed by atoms with Crippen LogP contribution in [0.4, 0.5) is 4.39 Å². The fourth-order valence-electron chi connectivity index (χ4n) is 2.21. The lowest BCUT2D eigenvalue weighted by atomic mass is 9.88. The Labute approximate surface area is 123 Å². The first kappa shape index (κ1) is 18.8. The molecule has 0 bridgehead atoms. The summed E-state index contributed by atoms with van der Waals surface area (Å²) in [5.74, 6) is -0.233. The minimum Gasteiger partial charge on any atom is -0.322 e. The zero-order valence-corrected chi connectivity index (χ0v) is 13.5. The van der Waals surface area contributed by atoms with Gasteiger partial charge in [0.05, 0.1) is 0 Å². The van der Waals surface area contributed by atoms with Gasteiger partial charge in [0.25, 0.3) is 0 Å². The molecule has 0 amide bonds. The molecule has 0 aliphatic heterocycles. The van der Waals surface area contributed by atoms with Crippen LogP contribution < -0.4 is 5.73 Å². The molecule has 0 saturated carbocycles. The molecule has 0 aliphatic rings. The number of rotatable bonds is 8. The van der Waals surface area contributed by atoms with Crippen molar-refractivity contribution >= 4 is 0 Å². The number of hydrogen-bond donors (Lipinski definition) is 1. The maximum atomic E-state index is 13.8. The Bertz CT molecular complexity index is 403. The predicted molar refractivity (Wildman–Crippen MR) is 87.3 cm³/mol. The highest BCUT2D eigenvalue weighted by molar-refractivity contribution is 5.34. The monoisotopic (exact) mass is 280 g/mol. The zero-order valence-electron chi connectivity index (χ0n) is 13.5. The van der Waals surface area contributed by atoms with Crippen LogP contribution in [0.25, 0.3) is 0 Å². The molecule has 0 saturated heterocycles. The Morgan fingerprint density at radius 3 is 2.40 bits per heavy atom. The molecular formula is C17H29FN2. The molecule has 0 spiro atoms. The third-order valence-corrected chi connectivity index (χ3v) is 3.35. The molecule has 1 unspecified atom stereocenters. The Kier molecular flexibility index (Phi) is 8.35. The molecule has 2 nitrogen and oxygen atoms in total. The minimum atomic E-state index is -0.657. The van der Waals surface area contributed by atoms with Crippen molar-refractivity contribution in [2.24, 2.45) is 5.73 Å². The summed E-state index contributed by atoms with van der Waals surface area (Å²) >= 11 is 0. The molecule has 114 valence electrons.